The first-order valence-electron chi connectivity index (χ1n) is 5.61. The molecule has 1 aliphatic rings. The Morgan fingerprint density at radius 2 is 2.44 bits per heavy atom. The fraction of sp³-hybridized carbons (Fsp3) is 0.636. The molecule has 0 aromatic carbocycles. The second-order valence-corrected chi connectivity index (χ2v) is 3.79. The Labute approximate surface area is 95.2 Å². The van der Waals surface area contributed by atoms with Crippen molar-refractivity contribution in [2.24, 2.45) is 0 Å². The number of rotatable bonds is 4. The van der Waals surface area contributed by atoms with Gasteiger partial charge >= 0.3 is 0 Å². The molecule has 5 heteroatoms. The van der Waals surface area contributed by atoms with Crippen LogP contribution in [0.1, 0.15) is 18.9 Å². The third kappa shape index (κ3) is 2.41. The number of nitrogens with zero attached hydrogens (tertiary/aromatic N) is 2. The van der Waals surface area contributed by atoms with E-state index in [2.05, 4.69) is 15.3 Å². The lowest BCUT2D eigenvalue weighted by Gasteiger charge is -2.14. The average molecular weight is 223 g/mol. The van der Waals surface area contributed by atoms with Crippen LogP contribution in [0, 0.1) is 6.92 Å². The van der Waals surface area contributed by atoms with Gasteiger partial charge in [-0.1, -0.05) is 0 Å². The summed E-state index contributed by atoms with van der Waals surface area (Å²) in [5.74, 6) is 1.49. The Hall–Kier alpha value is -1.36. The van der Waals surface area contributed by atoms with Crippen molar-refractivity contribution in [1.82, 2.24) is 9.97 Å². The molecular formula is C11H17N3O2. The van der Waals surface area contributed by atoms with Crippen molar-refractivity contribution in [3.05, 3.63) is 11.9 Å². The third-order valence-electron chi connectivity index (χ3n) is 2.55. The van der Waals surface area contributed by atoms with Crippen molar-refractivity contribution in [2.75, 3.05) is 25.1 Å². The molecular weight excluding hydrogens is 206 g/mol. The maximum atomic E-state index is 5.78. The van der Waals surface area contributed by atoms with E-state index in [1.54, 1.807) is 0 Å². The van der Waals surface area contributed by atoms with Crippen molar-refractivity contribution in [2.45, 2.75) is 26.4 Å². The molecule has 16 heavy (non-hydrogen) atoms. The fourth-order valence-corrected chi connectivity index (χ4v) is 1.66. The molecule has 2 heterocycles. The first-order chi connectivity index (χ1) is 7.81. The molecule has 1 fully saturated rings. The Morgan fingerprint density at radius 3 is 3.12 bits per heavy atom. The van der Waals surface area contributed by atoms with Crippen LogP contribution < -0.4 is 10.1 Å². The summed E-state index contributed by atoms with van der Waals surface area (Å²) in [7, 11) is 0. The normalized spacial score (nSPS) is 19.8. The van der Waals surface area contributed by atoms with Crippen molar-refractivity contribution < 1.29 is 9.47 Å². The molecule has 1 aromatic heterocycles. The zero-order valence-corrected chi connectivity index (χ0v) is 9.69. The van der Waals surface area contributed by atoms with Crippen LogP contribution in [0.4, 0.5) is 5.82 Å². The molecule has 1 aliphatic heterocycles. The summed E-state index contributed by atoms with van der Waals surface area (Å²) in [5, 5.41) is 3.18. The van der Waals surface area contributed by atoms with Crippen LogP contribution in [0.5, 0.6) is 5.88 Å². The summed E-state index contributed by atoms with van der Waals surface area (Å²) < 4.78 is 11.0. The molecule has 0 saturated carbocycles. The average Bonchev–Trinajstić information content (AvgIpc) is 2.77. The highest BCUT2D eigenvalue weighted by atomic mass is 16.5. The van der Waals surface area contributed by atoms with Crippen LogP contribution in [0.2, 0.25) is 0 Å². The number of hydrogen-bond donors (Lipinski definition) is 1. The fourth-order valence-electron chi connectivity index (χ4n) is 1.66. The highest BCUT2D eigenvalue weighted by molar-refractivity contribution is 5.47. The van der Waals surface area contributed by atoms with E-state index in [1.165, 1.54) is 6.33 Å². The zero-order chi connectivity index (χ0) is 11.4. The van der Waals surface area contributed by atoms with Crippen molar-refractivity contribution in [3.63, 3.8) is 0 Å². The minimum atomic E-state index is 0.128. The molecule has 1 aromatic rings. The topological polar surface area (TPSA) is 56.3 Å². The lowest BCUT2D eigenvalue weighted by molar-refractivity contribution is 0.137. The van der Waals surface area contributed by atoms with Gasteiger partial charge in [-0.2, -0.15) is 0 Å². The van der Waals surface area contributed by atoms with Crippen LogP contribution in [0.25, 0.3) is 0 Å². The monoisotopic (exact) mass is 223 g/mol. The summed E-state index contributed by atoms with van der Waals surface area (Å²) in [6.07, 6.45) is 2.58. The Bertz CT molecular complexity index is 351. The van der Waals surface area contributed by atoms with Gasteiger partial charge in [0.1, 0.15) is 18.2 Å². The summed E-state index contributed by atoms with van der Waals surface area (Å²) in [4.78, 5) is 8.33. The van der Waals surface area contributed by atoms with E-state index in [4.69, 9.17) is 9.47 Å². The first kappa shape index (κ1) is 11.1. The van der Waals surface area contributed by atoms with Crippen LogP contribution in [0.15, 0.2) is 6.33 Å². The van der Waals surface area contributed by atoms with Gasteiger partial charge in [-0.25, -0.2) is 9.97 Å². The molecule has 5 nitrogen and oxygen atoms in total. The molecule has 0 spiro atoms. The lowest BCUT2D eigenvalue weighted by Crippen LogP contribution is -2.17. The molecule has 0 aliphatic carbocycles. The minimum Gasteiger partial charge on any atom is -0.471 e. The quantitative estimate of drug-likeness (QED) is 0.835. The molecule has 1 saturated heterocycles. The largest absolute Gasteiger partial charge is 0.471 e. The highest BCUT2D eigenvalue weighted by Crippen LogP contribution is 2.22. The predicted molar refractivity (Wildman–Crippen MR) is 60.8 cm³/mol. The zero-order valence-electron chi connectivity index (χ0n) is 9.69. The van der Waals surface area contributed by atoms with Gasteiger partial charge in [-0.15, -0.1) is 0 Å². The van der Waals surface area contributed by atoms with E-state index in [0.717, 1.165) is 31.0 Å². The van der Waals surface area contributed by atoms with Gasteiger partial charge in [0.05, 0.1) is 18.8 Å². The smallest absolute Gasteiger partial charge is 0.221 e. The lowest BCUT2D eigenvalue weighted by atomic mass is 10.3. The van der Waals surface area contributed by atoms with Crippen LogP contribution in [-0.2, 0) is 4.74 Å². The van der Waals surface area contributed by atoms with Crippen LogP contribution >= 0.6 is 0 Å². The van der Waals surface area contributed by atoms with Gasteiger partial charge in [0.2, 0.25) is 5.88 Å². The van der Waals surface area contributed by atoms with Gasteiger partial charge in [-0.3, -0.25) is 0 Å². The van der Waals surface area contributed by atoms with Crippen LogP contribution in [0.3, 0.4) is 0 Å². The van der Waals surface area contributed by atoms with Gasteiger partial charge in [-0.05, 0) is 13.8 Å². The first-order valence-corrected chi connectivity index (χ1v) is 5.61. The molecule has 88 valence electrons. The standard InChI is InChI=1S/C11H17N3O2/c1-3-12-10-8(2)11(14-7-13-10)16-9-4-5-15-6-9/h7,9H,3-6H2,1-2H3,(H,12,13,14). The maximum absolute atomic E-state index is 5.78. The van der Waals surface area contributed by atoms with Gasteiger partial charge in [0.15, 0.2) is 0 Å². The maximum Gasteiger partial charge on any atom is 0.221 e. The molecule has 1 unspecified atom stereocenters. The molecule has 0 radical (unpaired) electrons. The minimum absolute atomic E-state index is 0.128. The van der Waals surface area contributed by atoms with Gasteiger partial charge in [0, 0.05) is 13.0 Å². The summed E-state index contributed by atoms with van der Waals surface area (Å²) in [5.41, 5.74) is 0.955. The second kappa shape index (κ2) is 5.12. The van der Waals surface area contributed by atoms with E-state index >= 15 is 0 Å². The van der Waals surface area contributed by atoms with Crippen molar-refractivity contribution in [1.29, 1.82) is 0 Å². The van der Waals surface area contributed by atoms with E-state index in [-0.39, 0.29) is 6.10 Å². The van der Waals surface area contributed by atoms with E-state index in [1.807, 2.05) is 13.8 Å². The van der Waals surface area contributed by atoms with Gasteiger partial charge in [0.25, 0.3) is 0 Å². The number of hydrogen-bond acceptors (Lipinski definition) is 5. The Balaban J connectivity index is 2.10. The number of ether oxygens (including phenoxy) is 2. The van der Waals surface area contributed by atoms with Gasteiger partial charge < -0.3 is 14.8 Å². The Morgan fingerprint density at radius 1 is 1.56 bits per heavy atom. The highest BCUT2D eigenvalue weighted by Gasteiger charge is 2.19. The van der Waals surface area contributed by atoms with Crippen molar-refractivity contribution >= 4 is 5.82 Å². The predicted octanol–water partition coefficient (Wildman–Crippen LogP) is 1.38. The van der Waals surface area contributed by atoms with E-state index in [0.29, 0.717) is 12.5 Å². The number of nitrogens with one attached hydrogen (secondary N) is 1. The number of aromatic nitrogens is 2. The summed E-state index contributed by atoms with van der Waals surface area (Å²) >= 11 is 0. The molecule has 0 bridgehead atoms. The van der Waals surface area contributed by atoms with E-state index in [9.17, 15) is 0 Å². The molecule has 2 rings (SSSR count). The third-order valence-corrected chi connectivity index (χ3v) is 2.55. The Kier molecular flexibility index (Phi) is 3.56. The summed E-state index contributed by atoms with van der Waals surface area (Å²) in [6, 6.07) is 0. The summed E-state index contributed by atoms with van der Waals surface area (Å²) in [6.45, 7) is 6.26. The molecule has 0 amide bonds. The second-order valence-electron chi connectivity index (χ2n) is 3.79. The van der Waals surface area contributed by atoms with Crippen molar-refractivity contribution in [3.8, 4) is 5.88 Å². The molecule has 1 atom stereocenters. The SMILES string of the molecule is CCNc1ncnc(OC2CCOC2)c1C. The van der Waals surface area contributed by atoms with E-state index < -0.39 is 0 Å². The van der Waals surface area contributed by atoms with Crippen LogP contribution in [-0.4, -0.2) is 35.8 Å². The molecule has 1 N–H and O–H groups in total. The number of anilines is 1.